The van der Waals surface area contributed by atoms with E-state index in [-0.39, 0.29) is 25.9 Å². The minimum absolute atomic E-state index is 0.152. The first kappa shape index (κ1) is 16.0. The molecule has 0 fully saturated rings. The molecule has 1 atom stereocenters. The number of methoxy groups -OCH3 is 1. The maximum absolute atomic E-state index is 9.33. The molecule has 0 saturated heterocycles. The van der Waals surface area contributed by atoms with Crippen LogP contribution in [0.1, 0.15) is 18.1 Å². The molecule has 0 bridgehead atoms. The summed E-state index contributed by atoms with van der Waals surface area (Å²) in [6, 6.07) is 3.86. The Bertz CT molecular complexity index is 479. The summed E-state index contributed by atoms with van der Waals surface area (Å²) in [5.74, 6) is 1.56. The van der Waals surface area contributed by atoms with Gasteiger partial charge in [0.2, 0.25) is 0 Å². The number of aliphatic hydroxyl groups is 3. The number of ether oxygens (including phenoxy) is 2. The summed E-state index contributed by atoms with van der Waals surface area (Å²) in [5, 5.41) is 31.0. The Morgan fingerprint density at radius 3 is 2.52 bits per heavy atom. The molecular formula is C15H23NO5. The third kappa shape index (κ3) is 3.29. The molecule has 1 unspecified atom stereocenters. The van der Waals surface area contributed by atoms with Crippen molar-refractivity contribution in [3.63, 3.8) is 0 Å². The molecule has 21 heavy (non-hydrogen) atoms. The molecule has 0 amide bonds. The molecule has 1 aliphatic heterocycles. The quantitative estimate of drug-likeness (QED) is 0.558. The minimum Gasteiger partial charge on any atom is -0.496 e. The van der Waals surface area contributed by atoms with Crippen LogP contribution in [0.3, 0.4) is 0 Å². The van der Waals surface area contributed by atoms with Gasteiger partial charge in [0.1, 0.15) is 17.6 Å². The van der Waals surface area contributed by atoms with Crippen LogP contribution in [0.5, 0.6) is 11.5 Å². The van der Waals surface area contributed by atoms with E-state index in [9.17, 15) is 15.3 Å². The van der Waals surface area contributed by atoms with Gasteiger partial charge < -0.3 is 30.1 Å². The fourth-order valence-corrected chi connectivity index (χ4v) is 2.41. The van der Waals surface area contributed by atoms with E-state index >= 15 is 0 Å². The Kier molecular flexibility index (Phi) is 5.05. The van der Waals surface area contributed by atoms with E-state index in [0.717, 1.165) is 29.0 Å². The van der Waals surface area contributed by atoms with Crippen LogP contribution in [0.4, 0.5) is 0 Å². The van der Waals surface area contributed by atoms with Crippen molar-refractivity contribution in [3.8, 4) is 11.5 Å². The highest BCUT2D eigenvalue weighted by Crippen LogP contribution is 2.35. The zero-order chi connectivity index (χ0) is 15.5. The summed E-state index contributed by atoms with van der Waals surface area (Å²) < 4.78 is 11.1. The number of fused-ring (bicyclic) bond motifs is 1. The minimum atomic E-state index is -1.11. The van der Waals surface area contributed by atoms with Gasteiger partial charge in [0.15, 0.2) is 0 Å². The second kappa shape index (κ2) is 6.62. The Labute approximate surface area is 124 Å². The lowest BCUT2D eigenvalue weighted by molar-refractivity contribution is 0.0412. The molecule has 1 aromatic rings. The molecule has 0 spiro atoms. The Morgan fingerprint density at radius 1 is 1.29 bits per heavy atom. The summed E-state index contributed by atoms with van der Waals surface area (Å²) in [4.78, 5) is 0. The monoisotopic (exact) mass is 297 g/mol. The lowest BCUT2D eigenvalue weighted by Crippen LogP contribution is -2.54. The van der Waals surface area contributed by atoms with E-state index in [2.05, 4.69) is 5.32 Å². The highest BCUT2D eigenvalue weighted by molar-refractivity contribution is 5.48. The smallest absolute Gasteiger partial charge is 0.123 e. The number of benzene rings is 1. The summed E-state index contributed by atoms with van der Waals surface area (Å²) in [6.07, 6.45) is 1.01. The summed E-state index contributed by atoms with van der Waals surface area (Å²) >= 11 is 0. The lowest BCUT2D eigenvalue weighted by atomic mass is 10.0. The lowest BCUT2D eigenvalue weighted by Gasteiger charge is -2.29. The maximum Gasteiger partial charge on any atom is 0.123 e. The molecule has 4 N–H and O–H groups in total. The van der Waals surface area contributed by atoms with Crippen LogP contribution in [-0.2, 0) is 13.0 Å². The van der Waals surface area contributed by atoms with E-state index in [1.54, 1.807) is 7.11 Å². The molecule has 0 aliphatic carbocycles. The van der Waals surface area contributed by atoms with Crippen LogP contribution in [0, 0.1) is 0 Å². The molecule has 6 nitrogen and oxygen atoms in total. The molecule has 1 aromatic carbocycles. The molecule has 0 radical (unpaired) electrons. The highest BCUT2D eigenvalue weighted by atomic mass is 16.5. The number of hydrogen-bond donors (Lipinski definition) is 4. The van der Waals surface area contributed by atoms with Crippen molar-refractivity contribution in [1.82, 2.24) is 5.32 Å². The second-order valence-electron chi connectivity index (χ2n) is 5.51. The van der Waals surface area contributed by atoms with Gasteiger partial charge in [-0.25, -0.2) is 0 Å². The van der Waals surface area contributed by atoms with Crippen molar-refractivity contribution < 1.29 is 24.8 Å². The van der Waals surface area contributed by atoms with Crippen LogP contribution >= 0.6 is 0 Å². The van der Waals surface area contributed by atoms with Gasteiger partial charge in [-0.2, -0.15) is 0 Å². The third-order valence-electron chi connectivity index (χ3n) is 3.86. The van der Waals surface area contributed by atoms with Gasteiger partial charge in [-0.15, -0.1) is 0 Å². The second-order valence-corrected chi connectivity index (χ2v) is 5.51. The molecule has 6 heteroatoms. The molecule has 1 aliphatic rings. The van der Waals surface area contributed by atoms with Gasteiger partial charge in [0.25, 0.3) is 0 Å². The van der Waals surface area contributed by atoms with Crippen molar-refractivity contribution in [2.24, 2.45) is 0 Å². The summed E-state index contributed by atoms with van der Waals surface area (Å²) in [6.45, 7) is 1.27. The Balaban J connectivity index is 2.18. The van der Waals surface area contributed by atoms with Gasteiger partial charge in [0.05, 0.1) is 32.5 Å². The first-order valence-corrected chi connectivity index (χ1v) is 7.01. The van der Waals surface area contributed by atoms with E-state index < -0.39 is 5.54 Å². The van der Waals surface area contributed by atoms with E-state index in [4.69, 9.17) is 9.47 Å². The average molecular weight is 297 g/mol. The molecule has 0 aromatic heterocycles. The predicted molar refractivity (Wildman–Crippen MR) is 77.6 cm³/mol. The molecule has 118 valence electrons. The first-order valence-electron chi connectivity index (χ1n) is 7.01. The van der Waals surface area contributed by atoms with Crippen LogP contribution in [0.25, 0.3) is 0 Å². The molecule has 0 saturated carbocycles. The fourth-order valence-electron chi connectivity index (χ4n) is 2.41. The number of hydrogen-bond acceptors (Lipinski definition) is 6. The van der Waals surface area contributed by atoms with Crippen molar-refractivity contribution in [2.75, 3.05) is 26.9 Å². The number of rotatable bonds is 7. The van der Waals surface area contributed by atoms with Gasteiger partial charge in [-0.3, -0.25) is 0 Å². The first-order chi connectivity index (χ1) is 10.1. The summed E-state index contributed by atoms with van der Waals surface area (Å²) in [7, 11) is 1.60. The third-order valence-corrected chi connectivity index (χ3v) is 3.86. The van der Waals surface area contributed by atoms with E-state index in [0.29, 0.717) is 6.54 Å². The van der Waals surface area contributed by atoms with Crippen LogP contribution in [0.15, 0.2) is 12.1 Å². The van der Waals surface area contributed by atoms with E-state index in [1.807, 2.05) is 19.1 Å². The molecule has 2 rings (SSSR count). The van der Waals surface area contributed by atoms with Crippen molar-refractivity contribution in [3.05, 3.63) is 23.3 Å². The summed E-state index contributed by atoms with van der Waals surface area (Å²) in [5.41, 5.74) is 0.851. The van der Waals surface area contributed by atoms with Gasteiger partial charge in [0, 0.05) is 24.1 Å². The van der Waals surface area contributed by atoms with Gasteiger partial charge in [-0.1, -0.05) is 0 Å². The maximum atomic E-state index is 9.33. The van der Waals surface area contributed by atoms with Gasteiger partial charge in [-0.05, 0) is 19.1 Å². The zero-order valence-corrected chi connectivity index (χ0v) is 12.4. The number of aliphatic hydroxyl groups excluding tert-OH is 3. The van der Waals surface area contributed by atoms with Crippen molar-refractivity contribution >= 4 is 0 Å². The van der Waals surface area contributed by atoms with Crippen molar-refractivity contribution in [1.29, 1.82) is 0 Å². The average Bonchev–Trinajstić information content (AvgIpc) is 2.87. The van der Waals surface area contributed by atoms with Crippen molar-refractivity contribution in [2.45, 2.75) is 31.5 Å². The molecular weight excluding hydrogens is 274 g/mol. The van der Waals surface area contributed by atoms with Crippen LogP contribution in [-0.4, -0.2) is 53.9 Å². The SMILES string of the molecule is COc1cc2c(cc1CNC(CO)(CO)CO)OC(C)C2. The normalized spacial score (nSPS) is 17.5. The fraction of sp³-hybridized carbons (Fsp3) is 0.600. The Hall–Kier alpha value is -1.34. The largest absolute Gasteiger partial charge is 0.496 e. The van der Waals surface area contributed by atoms with Crippen LogP contribution in [0.2, 0.25) is 0 Å². The zero-order valence-electron chi connectivity index (χ0n) is 12.4. The predicted octanol–water partition coefficient (Wildman–Crippen LogP) is -0.176. The Morgan fingerprint density at radius 2 is 1.95 bits per heavy atom. The molecule has 1 heterocycles. The highest BCUT2D eigenvalue weighted by Gasteiger charge is 2.28. The topological polar surface area (TPSA) is 91.2 Å². The van der Waals surface area contributed by atoms with E-state index in [1.165, 1.54) is 0 Å². The number of nitrogens with one attached hydrogen (secondary N) is 1. The van der Waals surface area contributed by atoms with Gasteiger partial charge >= 0.3 is 0 Å². The van der Waals surface area contributed by atoms with Crippen LogP contribution < -0.4 is 14.8 Å². The standard InChI is InChI=1S/C15H23NO5/c1-10-3-11-4-13(20-2)12(5-14(11)21-10)6-16-15(7-17,8-18)9-19/h4-5,10,16-19H,3,6-9H2,1-2H3.